The fourth-order valence-electron chi connectivity index (χ4n) is 1.98. The van der Waals surface area contributed by atoms with Crippen molar-refractivity contribution in [2.75, 3.05) is 0 Å². The number of fused-ring (bicyclic) bond motifs is 1. The molecular weight excluding hydrogens is 241 g/mol. The van der Waals surface area contributed by atoms with Gasteiger partial charge in [0.15, 0.2) is 0 Å². The molecule has 1 aromatic heterocycles. The summed E-state index contributed by atoms with van der Waals surface area (Å²) >= 11 is 0. The lowest BCUT2D eigenvalue weighted by molar-refractivity contribution is -0.210. The van der Waals surface area contributed by atoms with Crippen LogP contribution in [-0.4, -0.2) is 6.18 Å². The van der Waals surface area contributed by atoms with Gasteiger partial charge in [-0.15, -0.1) is 0 Å². The van der Waals surface area contributed by atoms with Crippen LogP contribution in [0.1, 0.15) is 25.2 Å². The Morgan fingerprint density at radius 3 is 2.44 bits per heavy atom. The number of hydrogen-bond donors (Lipinski definition) is 0. The van der Waals surface area contributed by atoms with Crippen LogP contribution in [0.2, 0.25) is 0 Å². The fraction of sp³-hybridized carbons (Fsp3) is 0.429. The molecule has 98 valence electrons. The molecule has 0 spiro atoms. The first kappa shape index (κ1) is 13.0. The third-order valence-corrected chi connectivity index (χ3v) is 3.17. The van der Waals surface area contributed by atoms with Crippen LogP contribution in [0.4, 0.5) is 13.2 Å². The van der Waals surface area contributed by atoms with Crippen LogP contribution in [0.25, 0.3) is 11.0 Å². The van der Waals surface area contributed by atoms with Crippen molar-refractivity contribution in [1.29, 1.82) is 0 Å². The highest BCUT2D eigenvalue weighted by Gasteiger charge is 2.47. The molecule has 0 aliphatic carbocycles. The maximum absolute atomic E-state index is 12.9. The Morgan fingerprint density at radius 1 is 1.17 bits per heavy atom. The van der Waals surface area contributed by atoms with E-state index in [9.17, 15) is 13.2 Å². The summed E-state index contributed by atoms with van der Waals surface area (Å²) in [6.45, 7) is 4.23. The van der Waals surface area contributed by atoms with Gasteiger partial charge >= 0.3 is 6.18 Å². The van der Waals surface area contributed by atoms with Gasteiger partial charge in [0.2, 0.25) is 0 Å². The van der Waals surface area contributed by atoms with Crippen LogP contribution >= 0.6 is 0 Å². The van der Waals surface area contributed by atoms with Crippen LogP contribution in [-0.2, 0) is 6.42 Å². The molecule has 0 amide bonds. The van der Waals surface area contributed by atoms with Crippen molar-refractivity contribution in [3.05, 3.63) is 35.6 Å². The molecule has 1 nitrogen and oxygen atoms in total. The average Bonchev–Trinajstić information content (AvgIpc) is 2.57. The molecular formula is C14H15F3O. The van der Waals surface area contributed by atoms with Crippen LogP contribution in [0.15, 0.2) is 28.7 Å². The summed E-state index contributed by atoms with van der Waals surface area (Å²) in [6.07, 6.45) is -4.26. The zero-order valence-corrected chi connectivity index (χ0v) is 10.6. The van der Waals surface area contributed by atoms with E-state index in [1.54, 1.807) is 31.2 Å². The summed E-state index contributed by atoms with van der Waals surface area (Å²) < 4.78 is 44.1. The molecule has 0 N–H and O–H groups in total. The highest BCUT2D eigenvalue weighted by Crippen LogP contribution is 2.41. The van der Waals surface area contributed by atoms with Gasteiger partial charge in [-0.1, -0.05) is 26.0 Å². The van der Waals surface area contributed by atoms with E-state index in [2.05, 4.69) is 0 Å². The Labute approximate surface area is 104 Å². The van der Waals surface area contributed by atoms with Gasteiger partial charge in [0.25, 0.3) is 0 Å². The number of benzene rings is 1. The number of furan rings is 1. The van der Waals surface area contributed by atoms with Gasteiger partial charge in [-0.2, -0.15) is 13.2 Å². The summed E-state index contributed by atoms with van der Waals surface area (Å²) in [5, 5.41) is 0.771. The lowest BCUT2D eigenvalue weighted by atomic mass is 9.84. The Hall–Kier alpha value is -1.45. The smallest absolute Gasteiger partial charge is 0.394 e. The van der Waals surface area contributed by atoms with Crippen molar-refractivity contribution in [3.63, 3.8) is 0 Å². The number of hydrogen-bond acceptors (Lipinski definition) is 1. The summed E-state index contributed by atoms with van der Waals surface area (Å²) in [4.78, 5) is 0. The minimum absolute atomic E-state index is 0.0488. The van der Waals surface area contributed by atoms with Crippen LogP contribution < -0.4 is 0 Å². The molecule has 0 saturated heterocycles. The molecule has 0 radical (unpaired) electrons. The molecule has 4 heteroatoms. The molecule has 0 atom stereocenters. The second-order valence-electron chi connectivity index (χ2n) is 5.24. The van der Waals surface area contributed by atoms with E-state index in [1.165, 1.54) is 13.8 Å². The summed E-state index contributed by atoms with van der Waals surface area (Å²) in [6, 6.07) is 7.02. The summed E-state index contributed by atoms with van der Waals surface area (Å²) in [5.41, 5.74) is -0.429. The molecule has 0 unspecified atom stereocenters. The van der Waals surface area contributed by atoms with Crippen molar-refractivity contribution >= 4 is 11.0 Å². The van der Waals surface area contributed by atoms with E-state index in [0.29, 0.717) is 16.9 Å². The number of aryl methyl sites for hydroxylation is 1. The van der Waals surface area contributed by atoms with Gasteiger partial charge < -0.3 is 4.42 Å². The van der Waals surface area contributed by atoms with Crippen molar-refractivity contribution in [3.8, 4) is 0 Å². The van der Waals surface area contributed by atoms with E-state index in [4.69, 9.17) is 4.42 Å². The molecule has 2 aromatic rings. The lowest BCUT2D eigenvalue weighted by Crippen LogP contribution is -2.34. The molecule has 0 bridgehead atoms. The van der Waals surface area contributed by atoms with Crippen molar-refractivity contribution < 1.29 is 17.6 Å². The van der Waals surface area contributed by atoms with E-state index < -0.39 is 11.6 Å². The number of halogens is 3. The van der Waals surface area contributed by atoms with Gasteiger partial charge in [-0.25, -0.2) is 0 Å². The first-order chi connectivity index (χ1) is 8.21. The van der Waals surface area contributed by atoms with Gasteiger partial charge in [-0.05, 0) is 31.0 Å². The van der Waals surface area contributed by atoms with Gasteiger partial charge in [0.1, 0.15) is 11.3 Å². The molecule has 2 rings (SSSR count). The maximum Gasteiger partial charge on any atom is 0.394 e. The minimum Gasteiger partial charge on any atom is -0.461 e. The second-order valence-corrected chi connectivity index (χ2v) is 5.24. The van der Waals surface area contributed by atoms with Gasteiger partial charge in [0.05, 0.1) is 5.41 Å². The largest absolute Gasteiger partial charge is 0.461 e. The standard InChI is InChI=1S/C14H15F3O/c1-9-7-11-10(5-4-6-12(11)18-9)8-13(2,3)14(15,16)17/h4-7H,8H2,1-3H3. The van der Waals surface area contributed by atoms with Crippen molar-refractivity contribution in [2.24, 2.45) is 5.41 Å². The minimum atomic E-state index is -4.21. The first-order valence-electron chi connectivity index (χ1n) is 5.75. The summed E-state index contributed by atoms with van der Waals surface area (Å²) in [7, 11) is 0. The highest BCUT2D eigenvalue weighted by atomic mass is 19.4. The Balaban J connectivity index is 2.44. The predicted molar refractivity (Wildman–Crippen MR) is 64.5 cm³/mol. The fourth-order valence-corrected chi connectivity index (χ4v) is 1.98. The lowest BCUT2D eigenvalue weighted by Gasteiger charge is -2.27. The third-order valence-electron chi connectivity index (χ3n) is 3.17. The first-order valence-corrected chi connectivity index (χ1v) is 5.75. The molecule has 0 saturated carbocycles. The zero-order valence-electron chi connectivity index (χ0n) is 10.6. The number of alkyl halides is 3. The van der Waals surface area contributed by atoms with Gasteiger partial charge in [0, 0.05) is 5.39 Å². The molecule has 1 aromatic carbocycles. The van der Waals surface area contributed by atoms with E-state index in [-0.39, 0.29) is 6.42 Å². The molecule has 0 fully saturated rings. The maximum atomic E-state index is 12.9. The molecule has 0 aliphatic rings. The van der Waals surface area contributed by atoms with Crippen molar-refractivity contribution in [1.82, 2.24) is 0 Å². The van der Waals surface area contributed by atoms with Crippen LogP contribution in [0, 0.1) is 12.3 Å². The SMILES string of the molecule is Cc1cc2c(CC(C)(C)C(F)(F)F)cccc2o1. The normalized spacial score (nSPS) is 13.2. The van der Waals surface area contributed by atoms with Gasteiger partial charge in [-0.3, -0.25) is 0 Å². The molecule has 0 aliphatic heterocycles. The second kappa shape index (κ2) is 4.04. The van der Waals surface area contributed by atoms with E-state index >= 15 is 0 Å². The monoisotopic (exact) mass is 256 g/mol. The van der Waals surface area contributed by atoms with Crippen LogP contribution in [0.3, 0.4) is 0 Å². The van der Waals surface area contributed by atoms with E-state index in [0.717, 1.165) is 5.39 Å². The van der Waals surface area contributed by atoms with Crippen LogP contribution in [0.5, 0.6) is 0 Å². The topological polar surface area (TPSA) is 13.1 Å². The third kappa shape index (κ3) is 2.24. The Bertz CT molecular complexity index is 564. The quantitative estimate of drug-likeness (QED) is 0.747. The zero-order chi connectivity index (χ0) is 13.6. The number of rotatable bonds is 2. The highest BCUT2D eigenvalue weighted by molar-refractivity contribution is 5.81. The Morgan fingerprint density at radius 2 is 1.83 bits per heavy atom. The van der Waals surface area contributed by atoms with Crippen molar-refractivity contribution in [2.45, 2.75) is 33.4 Å². The Kier molecular flexibility index (Phi) is 2.92. The van der Waals surface area contributed by atoms with E-state index in [1.807, 2.05) is 0 Å². The average molecular weight is 256 g/mol. The summed E-state index contributed by atoms with van der Waals surface area (Å²) in [5.74, 6) is 0.710. The predicted octanol–water partition coefficient (Wildman–Crippen LogP) is 4.87. The molecule has 18 heavy (non-hydrogen) atoms. The molecule has 1 heterocycles.